The molecule has 0 saturated heterocycles. The summed E-state index contributed by atoms with van der Waals surface area (Å²) in [5.41, 5.74) is 2.87. The first-order valence-corrected chi connectivity index (χ1v) is 9.73. The summed E-state index contributed by atoms with van der Waals surface area (Å²) < 4.78 is 24.7. The van der Waals surface area contributed by atoms with E-state index in [-0.39, 0.29) is 17.9 Å². The van der Waals surface area contributed by atoms with Crippen LogP contribution < -0.4 is 14.8 Å². The summed E-state index contributed by atoms with van der Waals surface area (Å²) in [7, 11) is 1.57. The van der Waals surface area contributed by atoms with E-state index < -0.39 is 5.82 Å². The van der Waals surface area contributed by atoms with E-state index >= 15 is 0 Å². The highest BCUT2D eigenvalue weighted by molar-refractivity contribution is 6.04. The van der Waals surface area contributed by atoms with Gasteiger partial charge in [0.25, 0.3) is 5.91 Å². The third-order valence-electron chi connectivity index (χ3n) is 4.74. The van der Waals surface area contributed by atoms with Gasteiger partial charge >= 0.3 is 0 Å². The molecular weight excluding hydrogens is 381 g/mol. The molecule has 0 aliphatic carbocycles. The molecule has 156 valence electrons. The molecular formula is C25H26FNO3. The Morgan fingerprint density at radius 3 is 2.37 bits per heavy atom. The van der Waals surface area contributed by atoms with E-state index in [2.05, 4.69) is 38.2 Å². The van der Waals surface area contributed by atoms with Crippen LogP contribution in [0.3, 0.4) is 0 Å². The number of anilines is 1. The molecule has 0 atom stereocenters. The molecule has 4 nitrogen and oxygen atoms in total. The van der Waals surface area contributed by atoms with Crippen LogP contribution in [0.25, 0.3) is 0 Å². The molecule has 1 N–H and O–H groups in total. The molecule has 0 aromatic heterocycles. The zero-order chi connectivity index (χ0) is 21.7. The summed E-state index contributed by atoms with van der Waals surface area (Å²) in [6.45, 7) is 6.73. The molecule has 5 heteroatoms. The second kappa shape index (κ2) is 8.99. The maximum absolute atomic E-state index is 13.4. The molecule has 30 heavy (non-hydrogen) atoms. The lowest BCUT2D eigenvalue weighted by Crippen LogP contribution is -2.13. The van der Waals surface area contributed by atoms with Crippen LogP contribution in [-0.4, -0.2) is 13.0 Å². The lowest BCUT2D eigenvalue weighted by molar-refractivity contribution is 0.102. The van der Waals surface area contributed by atoms with Crippen molar-refractivity contribution in [2.75, 3.05) is 12.4 Å². The van der Waals surface area contributed by atoms with Crippen molar-refractivity contribution in [3.8, 4) is 11.5 Å². The molecule has 3 aromatic rings. The standard InChI is InChI=1S/C25H26FNO3/c1-25(2,3)19-9-11-22(12-10-19)30-16-18-14-17(8-13-23(18)29-4)24(28)27-21-7-5-6-20(26)15-21/h5-15H,16H2,1-4H3,(H,27,28). The molecule has 1 amide bonds. The number of hydrogen-bond donors (Lipinski definition) is 1. The van der Waals surface area contributed by atoms with Crippen molar-refractivity contribution < 1.29 is 18.7 Å². The zero-order valence-electron chi connectivity index (χ0n) is 17.7. The summed E-state index contributed by atoms with van der Waals surface area (Å²) in [5.74, 6) is 0.622. The Hall–Kier alpha value is -3.34. The van der Waals surface area contributed by atoms with Gasteiger partial charge in [-0.2, -0.15) is 0 Å². The number of rotatable bonds is 6. The molecule has 3 aromatic carbocycles. The van der Waals surface area contributed by atoms with E-state index in [0.29, 0.717) is 17.0 Å². The monoisotopic (exact) mass is 407 g/mol. The maximum Gasteiger partial charge on any atom is 0.255 e. The molecule has 0 aliphatic heterocycles. The molecule has 0 heterocycles. The molecule has 0 aliphatic rings. The van der Waals surface area contributed by atoms with Crippen LogP contribution in [0, 0.1) is 5.82 Å². The predicted octanol–water partition coefficient (Wildman–Crippen LogP) is 5.96. The molecule has 3 rings (SSSR count). The predicted molar refractivity (Wildman–Crippen MR) is 117 cm³/mol. The van der Waals surface area contributed by atoms with Gasteiger partial charge in [-0.25, -0.2) is 4.39 Å². The normalized spacial score (nSPS) is 11.1. The third kappa shape index (κ3) is 5.38. The van der Waals surface area contributed by atoms with Crippen LogP contribution in [-0.2, 0) is 12.0 Å². The molecule has 0 fully saturated rings. The average molecular weight is 407 g/mol. The molecule has 0 unspecified atom stereocenters. The lowest BCUT2D eigenvalue weighted by Gasteiger charge is -2.19. The molecule has 0 radical (unpaired) electrons. The summed E-state index contributed by atoms with van der Waals surface area (Å²) in [6.07, 6.45) is 0. The van der Waals surface area contributed by atoms with Crippen molar-refractivity contribution in [1.29, 1.82) is 0 Å². The summed E-state index contributed by atoms with van der Waals surface area (Å²) in [5, 5.41) is 2.70. The number of methoxy groups -OCH3 is 1. The van der Waals surface area contributed by atoms with Crippen molar-refractivity contribution >= 4 is 11.6 Å². The minimum absolute atomic E-state index is 0.0745. The Morgan fingerprint density at radius 2 is 1.73 bits per heavy atom. The Kier molecular flexibility index (Phi) is 6.40. The van der Waals surface area contributed by atoms with Crippen LogP contribution in [0.1, 0.15) is 42.3 Å². The van der Waals surface area contributed by atoms with E-state index in [1.165, 1.54) is 17.7 Å². The van der Waals surface area contributed by atoms with E-state index in [0.717, 1.165) is 11.3 Å². The van der Waals surface area contributed by atoms with Gasteiger partial charge < -0.3 is 14.8 Å². The van der Waals surface area contributed by atoms with E-state index in [1.54, 1.807) is 37.4 Å². The minimum Gasteiger partial charge on any atom is -0.496 e. The van der Waals surface area contributed by atoms with Crippen LogP contribution in [0.5, 0.6) is 11.5 Å². The van der Waals surface area contributed by atoms with Gasteiger partial charge in [0.15, 0.2) is 0 Å². The molecule has 0 bridgehead atoms. The summed E-state index contributed by atoms with van der Waals surface area (Å²) >= 11 is 0. The largest absolute Gasteiger partial charge is 0.496 e. The number of ether oxygens (including phenoxy) is 2. The Balaban J connectivity index is 1.73. The van der Waals surface area contributed by atoms with Crippen LogP contribution in [0.4, 0.5) is 10.1 Å². The molecule has 0 saturated carbocycles. The van der Waals surface area contributed by atoms with Crippen molar-refractivity contribution in [1.82, 2.24) is 0 Å². The first-order chi connectivity index (χ1) is 14.3. The van der Waals surface area contributed by atoms with Crippen molar-refractivity contribution in [3.63, 3.8) is 0 Å². The highest BCUT2D eigenvalue weighted by Gasteiger charge is 2.14. The highest BCUT2D eigenvalue weighted by atomic mass is 19.1. The number of carbonyl (C=O) groups is 1. The zero-order valence-corrected chi connectivity index (χ0v) is 17.7. The van der Waals surface area contributed by atoms with Gasteiger partial charge in [0.1, 0.15) is 23.9 Å². The van der Waals surface area contributed by atoms with Crippen LogP contribution >= 0.6 is 0 Å². The minimum atomic E-state index is -0.408. The maximum atomic E-state index is 13.4. The van der Waals surface area contributed by atoms with E-state index in [1.807, 2.05) is 12.1 Å². The number of nitrogens with one attached hydrogen (secondary N) is 1. The molecule has 0 spiro atoms. The van der Waals surface area contributed by atoms with Gasteiger partial charge in [0, 0.05) is 16.8 Å². The van der Waals surface area contributed by atoms with Crippen molar-refractivity contribution in [2.24, 2.45) is 0 Å². The van der Waals surface area contributed by atoms with E-state index in [4.69, 9.17) is 9.47 Å². The van der Waals surface area contributed by atoms with Crippen molar-refractivity contribution in [3.05, 3.63) is 89.2 Å². The smallest absolute Gasteiger partial charge is 0.255 e. The first kappa shape index (κ1) is 21.4. The van der Waals surface area contributed by atoms with Crippen LogP contribution in [0.15, 0.2) is 66.7 Å². The third-order valence-corrected chi connectivity index (χ3v) is 4.74. The number of halogens is 1. The number of carbonyl (C=O) groups excluding carboxylic acids is 1. The topological polar surface area (TPSA) is 47.6 Å². The first-order valence-electron chi connectivity index (χ1n) is 9.73. The quantitative estimate of drug-likeness (QED) is 0.548. The number of benzene rings is 3. The van der Waals surface area contributed by atoms with Crippen molar-refractivity contribution in [2.45, 2.75) is 32.8 Å². The lowest BCUT2D eigenvalue weighted by atomic mass is 9.87. The summed E-state index contributed by atoms with van der Waals surface area (Å²) in [4.78, 5) is 12.6. The second-order valence-corrected chi connectivity index (χ2v) is 8.05. The van der Waals surface area contributed by atoms with Gasteiger partial charge in [0.2, 0.25) is 0 Å². The Bertz CT molecular complexity index is 1020. The summed E-state index contributed by atoms with van der Waals surface area (Å²) in [6, 6.07) is 18.9. The average Bonchev–Trinajstić information content (AvgIpc) is 2.71. The number of amides is 1. The van der Waals surface area contributed by atoms with Gasteiger partial charge in [-0.05, 0) is 59.5 Å². The fourth-order valence-electron chi connectivity index (χ4n) is 3.01. The van der Waals surface area contributed by atoms with Gasteiger partial charge in [-0.1, -0.05) is 39.0 Å². The fraction of sp³-hybridized carbons (Fsp3) is 0.240. The van der Waals surface area contributed by atoms with Crippen LogP contribution in [0.2, 0.25) is 0 Å². The van der Waals surface area contributed by atoms with Gasteiger partial charge in [-0.3, -0.25) is 4.79 Å². The SMILES string of the molecule is COc1ccc(C(=O)Nc2cccc(F)c2)cc1COc1ccc(C(C)(C)C)cc1. The van der Waals surface area contributed by atoms with E-state index in [9.17, 15) is 9.18 Å². The highest BCUT2D eigenvalue weighted by Crippen LogP contribution is 2.26. The number of hydrogen-bond acceptors (Lipinski definition) is 3. The Morgan fingerprint density at radius 1 is 1.00 bits per heavy atom. The second-order valence-electron chi connectivity index (χ2n) is 8.05. The Labute approximate surface area is 176 Å². The fourth-order valence-corrected chi connectivity index (χ4v) is 3.01. The van der Waals surface area contributed by atoms with Gasteiger partial charge in [-0.15, -0.1) is 0 Å². The van der Waals surface area contributed by atoms with Gasteiger partial charge in [0.05, 0.1) is 7.11 Å².